The van der Waals surface area contributed by atoms with E-state index in [1.165, 1.54) is 0 Å². The van der Waals surface area contributed by atoms with E-state index in [0.717, 1.165) is 12.0 Å². The van der Waals surface area contributed by atoms with E-state index < -0.39 is 11.7 Å². The second-order valence-electron chi connectivity index (χ2n) is 4.52. The summed E-state index contributed by atoms with van der Waals surface area (Å²) in [6.07, 6.45) is 0.479. The maximum Gasteiger partial charge on any atom is 0.0912 e. The van der Waals surface area contributed by atoms with Crippen LogP contribution in [0.3, 0.4) is 0 Å². The van der Waals surface area contributed by atoms with Gasteiger partial charge in [0.15, 0.2) is 0 Å². The van der Waals surface area contributed by atoms with Gasteiger partial charge in [-0.2, -0.15) is 0 Å². The van der Waals surface area contributed by atoms with Crippen molar-refractivity contribution in [2.24, 2.45) is 0 Å². The van der Waals surface area contributed by atoms with Crippen molar-refractivity contribution in [3.8, 4) is 0 Å². The third-order valence-electron chi connectivity index (χ3n) is 3.34. The Kier molecular flexibility index (Phi) is 5.93. The fraction of sp³-hybridized carbons (Fsp3) is 0.571. The smallest absolute Gasteiger partial charge is 0.0912 e. The topological polar surface area (TPSA) is 29.5 Å². The van der Waals surface area contributed by atoms with Gasteiger partial charge in [0.05, 0.1) is 11.7 Å². The molecular formula is C14H20Cl2O2. The number of aliphatic hydroxyl groups excluding tert-OH is 1. The zero-order valence-electron chi connectivity index (χ0n) is 11.0. The van der Waals surface area contributed by atoms with Gasteiger partial charge in [-0.1, -0.05) is 36.2 Å². The molecule has 1 rings (SSSR count). The molecule has 0 saturated carbocycles. The largest absolute Gasteiger partial charge is 0.390 e. The molecule has 1 aromatic rings. The number of benzene rings is 1. The molecule has 0 spiro atoms. The molecular weight excluding hydrogens is 271 g/mol. The second-order valence-corrected chi connectivity index (χ2v) is 5.33. The zero-order chi connectivity index (χ0) is 13.8. The second kappa shape index (κ2) is 6.76. The molecule has 0 aliphatic rings. The van der Waals surface area contributed by atoms with Crippen LogP contribution in [0.25, 0.3) is 0 Å². The van der Waals surface area contributed by atoms with E-state index in [1.807, 2.05) is 20.8 Å². The summed E-state index contributed by atoms with van der Waals surface area (Å²) in [5.41, 5.74) is 0.199. The van der Waals surface area contributed by atoms with E-state index in [-0.39, 0.29) is 0 Å². The highest BCUT2D eigenvalue weighted by Gasteiger charge is 2.32. The van der Waals surface area contributed by atoms with Crippen molar-refractivity contribution in [3.05, 3.63) is 33.8 Å². The monoisotopic (exact) mass is 290 g/mol. The molecule has 0 heterocycles. The van der Waals surface area contributed by atoms with E-state index in [0.29, 0.717) is 23.1 Å². The van der Waals surface area contributed by atoms with Gasteiger partial charge in [-0.15, -0.1) is 0 Å². The van der Waals surface area contributed by atoms with Gasteiger partial charge in [-0.25, -0.2) is 0 Å². The molecule has 2 atom stereocenters. The Labute approximate surface area is 119 Å². The van der Waals surface area contributed by atoms with Crippen molar-refractivity contribution in [2.45, 2.75) is 45.3 Å². The Morgan fingerprint density at radius 3 is 2.28 bits per heavy atom. The predicted octanol–water partition coefficient (Wildman–Crippen LogP) is 4.10. The molecule has 1 N–H and O–H groups in total. The van der Waals surface area contributed by atoms with Gasteiger partial charge in [0.2, 0.25) is 0 Å². The summed E-state index contributed by atoms with van der Waals surface area (Å²) >= 11 is 12.2. The summed E-state index contributed by atoms with van der Waals surface area (Å²) in [6, 6.07) is 5.35. The summed E-state index contributed by atoms with van der Waals surface area (Å²) in [6.45, 7) is 6.39. The van der Waals surface area contributed by atoms with Crippen molar-refractivity contribution in [1.29, 1.82) is 0 Å². The minimum Gasteiger partial charge on any atom is -0.390 e. The van der Waals surface area contributed by atoms with E-state index in [9.17, 15) is 5.11 Å². The number of ether oxygens (including phenoxy) is 1. The third kappa shape index (κ3) is 3.61. The van der Waals surface area contributed by atoms with Crippen LogP contribution < -0.4 is 0 Å². The fourth-order valence-corrected chi connectivity index (χ4v) is 2.45. The van der Waals surface area contributed by atoms with Gasteiger partial charge in [0.1, 0.15) is 0 Å². The first-order chi connectivity index (χ1) is 8.44. The first-order valence-electron chi connectivity index (χ1n) is 6.19. The number of aliphatic hydroxyl groups is 1. The fourth-order valence-electron chi connectivity index (χ4n) is 1.90. The van der Waals surface area contributed by atoms with Crippen LogP contribution in [0, 0.1) is 0 Å². The molecule has 0 saturated heterocycles. The lowest BCUT2D eigenvalue weighted by Crippen LogP contribution is -2.43. The van der Waals surface area contributed by atoms with Crippen LogP contribution >= 0.6 is 23.2 Å². The number of hydrogen-bond donors (Lipinski definition) is 1. The Hall–Kier alpha value is -0.280. The molecule has 0 fully saturated rings. The summed E-state index contributed by atoms with van der Waals surface area (Å²) in [4.78, 5) is 0. The SMILES string of the molecule is CCOC(C)(CC)C(O)Cc1c(Cl)cccc1Cl. The van der Waals surface area contributed by atoms with Crippen molar-refractivity contribution < 1.29 is 9.84 Å². The summed E-state index contributed by atoms with van der Waals surface area (Å²) in [7, 11) is 0. The van der Waals surface area contributed by atoms with Crippen LogP contribution in [-0.2, 0) is 11.2 Å². The highest BCUT2D eigenvalue weighted by Crippen LogP contribution is 2.30. The van der Waals surface area contributed by atoms with Crippen LogP contribution in [-0.4, -0.2) is 23.4 Å². The molecule has 0 bridgehead atoms. The third-order valence-corrected chi connectivity index (χ3v) is 4.05. The lowest BCUT2D eigenvalue weighted by molar-refractivity contribution is -0.110. The molecule has 0 aliphatic carbocycles. The Morgan fingerprint density at radius 1 is 1.28 bits per heavy atom. The Morgan fingerprint density at radius 2 is 1.83 bits per heavy atom. The summed E-state index contributed by atoms with van der Waals surface area (Å²) < 4.78 is 5.66. The van der Waals surface area contributed by atoms with E-state index in [1.54, 1.807) is 18.2 Å². The summed E-state index contributed by atoms with van der Waals surface area (Å²) in [5, 5.41) is 11.5. The first kappa shape index (κ1) is 15.8. The Bertz CT molecular complexity index is 375. The molecule has 1 aromatic carbocycles. The van der Waals surface area contributed by atoms with Gasteiger partial charge in [-0.3, -0.25) is 0 Å². The van der Waals surface area contributed by atoms with Gasteiger partial charge in [-0.05, 0) is 38.0 Å². The van der Waals surface area contributed by atoms with Gasteiger partial charge in [0, 0.05) is 23.1 Å². The molecule has 4 heteroatoms. The Balaban J connectivity index is 2.89. The number of hydrogen-bond acceptors (Lipinski definition) is 2. The minimum atomic E-state index is -0.639. The van der Waals surface area contributed by atoms with Gasteiger partial charge in [0.25, 0.3) is 0 Å². The normalized spacial score (nSPS) is 16.3. The number of halogens is 2. The minimum absolute atomic E-state index is 0.392. The zero-order valence-corrected chi connectivity index (χ0v) is 12.6. The molecule has 0 aliphatic heterocycles. The van der Waals surface area contributed by atoms with Crippen molar-refractivity contribution in [3.63, 3.8) is 0 Å². The van der Waals surface area contributed by atoms with Gasteiger partial charge < -0.3 is 9.84 Å². The highest BCUT2D eigenvalue weighted by atomic mass is 35.5. The average Bonchev–Trinajstić information content (AvgIpc) is 2.34. The lowest BCUT2D eigenvalue weighted by Gasteiger charge is -2.33. The molecule has 18 heavy (non-hydrogen) atoms. The first-order valence-corrected chi connectivity index (χ1v) is 6.95. The maximum absolute atomic E-state index is 10.4. The quantitative estimate of drug-likeness (QED) is 0.855. The standard InChI is InChI=1S/C14H20Cl2O2/c1-4-14(3,18-5-2)13(17)9-10-11(15)7-6-8-12(10)16/h6-8,13,17H,4-5,9H2,1-3H3. The van der Waals surface area contributed by atoms with Crippen molar-refractivity contribution in [2.75, 3.05) is 6.61 Å². The van der Waals surface area contributed by atoms with Crippen LogP contribution in [0.2, 0.25) is 10.0 Å². The van der Waals surface area contributed by atoms with Crippen LogP contribution in [0.15, 0.2) is 18.2 Å². The average molecular weight is 291 g/mol. The predicted molar refractivity (Wildman–Crippen MR) is 76.5 cm³/mol. The van der Waals surface area contributed by atoms with E-state index in [2.05, 4.69) is 0 Å². The highest BCUT2D eigenvalue weighted by molar-refractivity contribution is 6.35. The molecule has 2 nitrogen and oxygen atoms in total. The van der Waals surface area contributed by atoms with Crippen molar-refractivity contribution >= 4 is 23.2 Å². The van der Waals surface area contributed by atoms with Crippen LogP contribution in [0.1, 0.15) is 32.8 Å². The maximum atomic E-state index is 10.4. The van der Waals surface area contributed by atoms with E-state index >= 15 is 0 Å². The molecule has 0 amide bonds. The molecule has 2 unspecified atom stereocenters. The van der Waals surface area contributed by atoms with Crippen LogP contribution in [0.4, 0.5) is 0 Å². The van der Waals surface area contributed by atoms with E-state index in [4.69, 9.17) is 27.9 Å². The molecule has 0 radical (unpaired) electrons. The van der Waals surface area contributed by atoms with Crippen molar-refractivity contribution in [1.82, 2.24) is 0 Å². The summed E-state index contributed by atoms with van der Waals surface area (Å²) in [5.74, 6) is 0. The van der Waals surface area contributed by atoms with Gasteiger partial charge >= 0.3 is 0 Å². The molecule has 102 valence electrons. The van der Waals surface area contributed by atoms with Crippen LogP contribution in [0.5, 0.6) is 0 Å². The number of rotatable bonds is 6. The molecule has 0 aromatic heterocycles. The lowest BCUT2D eigenvalue weighted by atomic mass is 9.90.